The van der Waals surface area contributed by atoms with Gasteiger partial charge in [-0.3, -0.25) is 10.2 Å². The number of fused-ring (bicyclic) bond motifs is 4. The van der Waals surface area contributed by atoms with Gasteiger partial charge in [-0.25, -0.2) is 23.4 Å². The van der Waals surface area contributed by atoms with Crippen LogP contribution in [0.4, 0.5) is 42.5 Å². The summed E-state index contributed by atoms with van der Waals surface area (Å²) in [5.74, 6) is -2.16. The molecule has 18 heteroatoms. The van der Waals surface area contributed by atoms with Gasteiger partial charge in [-0.15, -0.1) is 0 Å². The van der Waals surface area contributed by atoms with E-state index in [4.69, 9.17) is 18.9 Å². The maximum atomic E-state index is 17.2. The number of ether oxygens (including phenoxy) is 4. The summed E-state index contributed by atoms with van der Waals surface area (Å²) in [6.45, 7) is 11.7. The van der Waals surface area contributed by atoms with Gasteiger partial charge in [0.15, 0.2) is 10.9 Å². The fraction of sp³-hybridized carbons (Fsp3) is 0.541. The summed E-state index contributed by atoms with van der Waals surface area (Å²) in [4.78, 5) is 42.2. The van der Waals surface area contributed by atoms with Crippen molar-refractivity contribution >= 4 is 55.6 Å². The Labute approximate surface area is 317 Å². The number of amides is 2. The normalized spacial score (nSPS) is 20.4. The van der Waals surface area contributed by atoms with E-state index < -0.39 is 57.8 Å². The Balaban J connectivity index is 1.36. The van der Waals surface area contributed by atoms with Gasteiger partial charge in [0.2, 0.25) is 0 Å². The molecule has 12 nitrogen and oxygen atoms in total. The summed E-state index contributed by atoms with van der Waals surface area (Å²) in [6, 6.07) is 1.79. The molecule has 5 heterocycles. The number of rotatable bonds is 6. The molecule has 3 saturated heterocycles. The van der Waals surface area contributed by atoms with Crippen LogP contribution in [0.15, 0.2) is 18.2 Å². The molecule has 2 amide bonds. The lowest BCUT2D eigenvalue weighted by molar-refractivity contribution is -0.137. The summed E-state index contributed by atoms with van der Waals surface area (Å²) in [6.07, 6.45) is -4.55. The number of nitrogens with zero attached hydrogens (tertiary/aromatic N) is 5. The van der Waals surface area contributed by atoms with Gasteiger partial charge in [0.25, 0.3) is 0 Å². The van der Waals surface area contributed by atoms with E-state index in [1.807, 2.05) is 0 Å². The number of benzene rings is 2. The Kier molecular flexibility index (Phi) is 9.97. The first-order valence-electron chi connectivity index (χ1n) is 17.9. The first-order valence-corrected chi connectivity index (χ1v) is 18.7. The van der Waals surface area contributed by atoms with Crippen LogP contribution in [0.3, 0.4) is 0 Å². The second-order valence-electron chi connectivity index (χ2n) is 16.0. The van der Waals surface area contributed by atoms with Crippen LogP contribution >= 0.6 is 11.3 Å². The van der Waals surface area contributed by atoms with E-state index >= 15 is 22.0 Å². The average molecular weight is 793 g/mol. The summed E-state index contributed by atoms with van der Waals surface area (Å²) in [5, 5.41) is 2.00. The zero-order valence-electron chi connectivity index (χ0n) is 31.1. The van der Waals surface area contributed by atoms with Gasteiger partial charge in [-0.1, -0.05) is 11.3 Å². The second kappa shape index (κ2) is 14.2. The van der Waals surface area contributed by atoms with Crippen molar-refractivity contribution in [2.24, 2.45) is 5.92 Å². The molecule has 3 fully saturated rings. The van der Waals surface area contributed by atoms with Crippen molar-refractivity contribution in [3.05, 3.63) is 35.4 Å². The average Bonchev–Trinajstić information content (AvgIpc) is 3.80. The monoisotopic (exact) mass is 792 g/mol. The van der Waals surface area contributed by atoms with Gasteiger partial charge < -0.3 is 23.8 Å². The van der Waals surface area contributed by atoms with E-state index in [1.165, 1.54) is 0 Å². The Morgan fingerprint density at radius 3 is 2.25 bits per heavy atom. The largest absolute Gasteiger partial charge is 0.463 e. The zero-order valence-corrected chi connectivity index (χ0v) is 31.9. The van der Waals surface area contributed by atoms with Crippen LogP contribution in [0.5, 0.6) is 6.01 Å². The van der Waals surface area contributed by atoms with E-state index in [2.05, 4.69) is 20.3 Å². The van der Waals surface area contributed by atoms with Gasteiger partial charge in [0.05, 0.1) is 41.1 Å². The molecule has 3 aliphatic rings. The van der Waals surface area contributed by atoms with E-state index in [9.17, 15) is 9.59 Å². The van der Waals surface area contributed by atoms with E-state index in [0.717, 1.165) is 18.2 Å². The predicted molar refractivity (Wildman–Crippen MR) is 194 cm³/mol. The molecule has 0 saturated carbocycles. The molecule has 3 atom stereocenters. The first-order chi connectivity index (χ1) is 25.8. The van der Waals surface area contributed by atoms with Crippen LogP contribution in [-0.2, 0) is 20.4 Å². The highest BCUT2D eigenvalue weighted by Gasteiger charge is 2.46. The Morgan fingerprint density at radius 1 is 0.945 bits per heavy atom. The number of hydrogen-bond acceptors (Lipinski definition) is 11. The number of hydrogen-bond donors (Lipinski definition) is 1. The molecule has 2 bridgehead atoms. The molecule has 3 aliphatic heterocycles. The third-order valence-electron chi connectivity index (χ3n) is 9.43. The SMILES string of the molecule is CC(C)(C)OC(=O)Nc1nc2c(-c3c(C(F)(F)F)cc4c(N5CC6CCC(C5)N6C(=O)OC(C)(C)C)nc(OCC5CCOC5)nc4c3F)ccc(F)c2s1. The van der Waals surface area contributed by atoms with Crippen molar-refractivity contribution < 1.29 is 50.5 Å². The molecule has 0 spiro atoms. The number of thiazole rings is 1. The highest BCUT2D eigenvalue weighted by Crippen LogP contribution is 2.47. The van der Waals surface area contributed by atoms with Crippen LogP contribution in [0.2, 0.25) is 0 Å². The number of anilines is 2. The lowest BCUT2D eigenvalue weighted by Crippen LogP contribution is -2.57. The molecule has 2 aromatic carbocycles. The third kappa shape index (κ3) is 8.06. The number of halogens is 5. The molecular formula is C37H41F5N6O6S. The zero-order chi connectivity index (χ0) is 39.6. The van der Waals surface area contributed by atoms with Gasteiger partial charge in [0.1, 0.15) is 28.4 Å². The lowest BCUT2D eigenvalue weighted by atomic mass is 9.95. The van der Waals surface area contributed by atoms with Gasteiger partial charge in [-0.2, -0.15) is 23.1 Å². The van der Waals surface area contributed by atoms with Crippen LogP contribution in [-0.4, -0.2) is 88.2 Å². The number of alkyl halides is 3. The minimum atomic E-state index is -5.11. The van der Waals surface area contributed by atoms with Gasteiger partial charge in [0, 0.05) is 42.1 Å². The molecule has 7 rings (SSSR count). The fourth-order valence-corrected chi connectivity index (χ4v) is 8.08. The van der Waals surface area contributed by atoms with Gasteiger partial charge >= 0.3 is 24.4 Å². The number of nitrogens with one attached hydrogen (secondary N) is 1. The van der Waals surface area contributed by atoms with Gasteiger partial charge in [-0.05, 0) is 79.0 Å². The maximum Gasteiger partial charge on any atom is 0.417 e. The Bertz CT molecular complexity index is 2130. The smallest absolute Gasteiger partial charge is 0.417 e. The second-order valence-corrected chi connectivity index (χ2v) is 17.0. The molecule has 55 heavy (non-hydrogen) atoms. The third-order valence-corrected chi connectivity index (χ3v) is 10.4. The van der Waals surface area contributed by atoms with Crippen LogP contribution in [0.1, 0.15) is 66.4 Å². The quantitative estimate of drug-likeness (QED) is 0.190. The molecule has 0 radical (unpaired) electrons. The molecule has 3 unspecified atom stereocenters. The molecule has 1 N–H and O–H groups in total. The van der Waals surface area contributed by atoms with Crippen molar-refractivity contribution in [3.63, 3.8) is 0 Å². The number of aromatic nitrogens is 3. The minimum Gasteiger partial charge on any atom is -0.463 e. The summed E-state index contributed by atoms with van der Waals surface area (Å²) >= 11 is 0.662. The van der Waals surface area contributed by atoms with Crippen molar-refractivity contribution in [2.75, 3.05) is 43.1 Å². The molecule has 0 aliphatic carbocycles. The lowest BCUT2D eigenvalue weighted by Gasteiger charge is -2.42. The highest BCUT2D eigenvalue weighted by atomic mass is 32.1. The van der Waals surface area contributed by atoms with Crippen molar-refractivity contribution in [1.82, 2.24) is 19.9 Å². The topological polar surface area (TPSA) is 128 Å². The number of carbonyl (C=O) groups is 2. The summed E-state index contributed by atoms with van der Waals surface area (Å²) in [7, 11) is 0. The predicted octanol–water partition coefficient (Wildman–Crippen LogP) is 8.55. The maximum absolute atomic E-state index is 17.2. The molecule has 4 aromatic rings. The minimum absolute atomic E-state index is 0.00429. The number of carbonyl (C=O) groups excluding carboxylic acids is 2. The van der Waals surface area contributed by atoms with Crippen LogP contribution in [0, 0.1) is 17.6 Å². The van der Waals surface area contributed by atoms with E-state index in [1.54, 1.807) is 51.3 Å². The standard InChI is InChI=1S/C37H41F5N6O6S/c1-35(2,3)53-33(49)46-32-44-28-21(9-10-24(38)29(28)55-32)25-23(37(40,41)42)13-22-27(26(25)39)43-31(52-17-18-11-12-51-16-18)45-30(22)47-14-19-7-8-20(15-47)48(19)34(50)54-36(4,5)6/h9-10,13,18-20H,7-8,11-12,14-17H2,1-6H3,(H,44,46,49). The number of piperazine rings is 1. The van der Waals surface area contributed by atoms with E-state index in [-0.39, 0.29) is 75.8 Å². The van der Waals surface area contributed by atoms with E-state index in [0.29, 0.717) is 43.8 Å². The summed E-state index contributed by atoms with van der Waals surface area (Å²) in [5.41, 5.74) is -5.01. The first kappa shape index (κ1) is 38.7. The molecule has 2 aromatic heterocycles. The Hall–Kier alpha value is -4.58. The van der Waals surface area contributed by atoms with Crippen LogP contribution in [0.25, 0.3) is 32.2 Å². The van der Waals surface area contributed by atoms with Crippen molar-refractivity contribution in [1.29, 1.82) is 0 Å². The summed E-state index contributed by atoms with van der Waals surface area (Å²) < 4.78 is 99.8. The molecule has 296 valence electrons. The molecular weight excluding hydrogens is 752 g/mol. The van der Waals surface area contributed by atoms with Crippen molar-refractivity contribution in [3.8, 4) is 17.1 Å². The highest BCUT2D eigenvalue weighted by molar-refractivity contribution is 7.22. The van der Waals surface area contributed by atoms with Crippen LogP contribution < -0.4 is 15.0 Å². The Morgan fingerprint density at radius 2 is 1.64 bits per heavy atom. The van der Waals surface area contributed by atoms with Crippen molar-refractivity contribution in [2.45, 2.75) is 90.3 Å². The fourth-order valence-electron chi connectivity index (χ4n) is 7.20.